The zero-order valence-corrected chi connectivity index (χ0v) is 10.5. The van der Waals surface area contributed by atoms with Crippen molar-refractivity contribution in [3.63, 3.8) is 0 Å². The van der Waals surface area contributed by atoms with E-state index >= 15 is 0 Å². The first-order valence-corrected chi connectivity index (χ1v) is 5.63. The molecule has 1 N–H and O–H groups in total. The zero-order chi connectivity index (χ0) is 12.8. The Morgan fingerprint density at radius 1 is 1.35 bits per heavy atom. The maximum Gasteiger partial charge on any atom is 0.317 e. The number of nitrogens with zero attached hydrogens (tertiary/aromatic N) is 1. The quantitative estimate of drug-likeness (QED) is 0.822. The van der Waals surface area contributed by atoms with Crippen molar-refractivity contribution in [3.05, 3.63) is 29.8 Å². The predicted octanol–water partition coefficient (Wildman–Crippen LogP) is 1.99. The van der Waals surface area contributed by atoms with Gasteiger partial charge in [-0.15, -0.1) is 0 Å². The van der Waals surface area contributed by atoms with Crippen molar-refractivity contribution in [2.45, 2.75) is 26.5 Å². The Balaban J connectivity index is 2.53. The minimum Gasteiger partial charge on any atom is -0.491 e. The molecule has 0 spiro atoms. The van der Waals surface area contributed by atoms with Crippen LogP contribution in [0.25, 0.3) is 0 Å². The molecule has 0 radical (unpaired) electrons. The summed E-state index contributed by atoms with van der Waals surface area (Å²) in [5.74, 6) is 0.0249. The van der Waals surface area contributed by atoms with Crippen LogP contribution >= 0.6 is 0 Å². The van der Waals surface area contributed by atoms with Gasteiger partial charge in [-0.05, 0) is 38.6 Å². The van der Waals surface area contributed by atoms with Gasteiger partial charge in [-0.2, -0.15) is 0 Å². The lowest BCUT2D eigenvalue weighted by molar-refractivity contribution is -0.138. The summed E-state index contributed by atoms with van der Waals surface area (Å²) in [5, 5.41) is 8.64. The van der Waals surface area contributed by atoms with Crippen molar-refractivity contribution >= 4 is 5.97 Å². The summed E-state index contributed by atoms with van der Waals surface area (Å²) in [6.07, 6.45) is 0.163. The summed E-state index contributed by atoms with van der Waals surface area (Å²) in [4.78, 5) is 12.3. The second-order valence-corrected chi connectivity index (χ2v) is 4.38. The first-order chi connectivity index (χ1) is 7.97. The van der Waals surface area contributed by atoms with E-state index in [4.69, 9.17) is 9.84 Å². The molecular weight excluding hydrogens is 218 g/mol. The van der Waals surface area contributed by atoms with E-state index in [1.165, 1.54) is 0 Å². The first-order valence-electron chi connectivity index (χ1n) is 5.63. The van der Waals surface area contributed by atoms with E-state index in [0.29, 0.717) is 6.54 Å². The monoisotopic (exact) mass is 237 g/mol. The van der Waals surface area contributed by atoms with Crippen LogP contribution in [0.1, 0.15) is 19.4 Å². The van der Waals surface area contributed by atoms with E-state index in [-0.39, 0.29) is 12.6 Å². The molecule has 0 aliphatic carbocycles. The summed E-state index contributed by atoms with van der Waals surface area (Å²) < 4.78 is 5.53. The number of carbonyl (C=O) groups is 1. The molecule has 4 heteroatoms. The van der Waals surface area contributed by atoms with Gasteiger partial charge in [0.1, 0.15) is 5.75 Å². The summed E-state index contributed by atoms with van der Waals surface area (Å²) in [6, 6.07) is 7.72. The van der Waals surface area contributed by atoms with Gasteiger partial charge in [0.2, 0.25) is 0 Å². The normalized spacial score (nSPS) is 10.9. The van der Waals surface area contributed by atoms with Crippen molar-refractivity contribution in [2.75, 3.05) is 13.6 Å². The average molecular weight is 237 g/mol. The van der Waals surface area contributed by atoms with Gasteiger partial charge in [0, 0.05) is 6.54 Å². The van der Waals surface area contributed by atoms with Crippen molar-refractivity contribution in [2.24, 2.45) is 0 Å². The Bertz CT molecular complexity index is 359. The van der Waals surface area contributed by atoms with Crippen LogP contribution < -0.4 is 4.74 Å². The van der Waals surface area contributed by atoms with Crippen LogP contribution in [-0.2, 0) is 11.3 Å². The van der Waals surface area contributed by atoms with Gasteiger partial charge in [0.15, 0.2) is 0 Å². The van der Waals surface area contributed by atoms with E-state index < -0.39 is 5.97 Å². The number of aliphatic carboxylic acids is 1. The number of rotatable bonds is 6. The van der Waals surface area contributed by atoms with E-state index in [0.717, 1.165) is 11.3 Å². The molecule has 0 aromatic heterocycles. The maximum absolute atomic E-state index is 10.5. The molecule has 1 aromatic rings. The Morgan fingerprint density at radius 3 is 2.41 bits per heavy atom. The standard InChI is InChI=1S/C13H19NO3/c1-10(2)17-12-6-4-11(5-7-12)8-14(3)9-13(15)16/h4-7,10H,8-9H2,1-3H3,(H,15,16). The number of benzene rings is 1. The molecule has 4 nitrogen and oxygen atoms in total. The van der Waals surface area contributed by atoms with Crippen LogP contribution in [0.5, 0.6) is 5.75 Å². The third-order valence-electron chi connectivity index (χ3n) is 2.15. The van der Waals surface area contributed by atoms with Gasteiger partial charge in [0.25, 0.3) is 0 Å². The molecule has 0 aliphatic heterocycles. The second kappa shape index (κ2) is 6.25. The second-order valence-electron chi connectivity index (χ2n) is 4.38. The SMILES string of the molecule is CC(C)Oc1ccc(CN(C)CC(=O)O)cc1. The number of ether oxygens (including phenoxy) is 1. The number of likely N-dealkylation sites (N-methyl/N-ethyl adjacent to an activating group) is 1. The van der Waals surface area contributed by atoms with Crippen LogP contribution in [-0.4, -0.2) is 35.7 Å². The highest BCUT2D eigenvalue weighted by atomic mass is 16.5. The van der Waals surface area contributed by atoms with Gasteiger partial charge >= 0.3 is 5.97 Å². The molecule has 0 amide bonds. The summed E-state index contributed by atoms with van der Waals surface area (Å²) in [7, 11) is 1.78. The van der Waals surface area contributed by atoms with Crippen molar-refractivity contribution in [1.82, 2.24) is 4.90 Å². The molecule has 1 aromatic carbocycles. The maximum atomic E-state index is 10.5. The highest BCUT2D eigenvalue weighted by molar-refractivity contribution is 5.69. The smallest absolute Gasteiger partial charge is 0.317 e. The Morgan fingerprint density at radius 2 is 1.94 bits per heavy atom. The molecule has 94 valence electrons. The summed E-state index contributed by atoms with van der Waals surface area (Å²) in [6.45, 7) is 4.63. The van der Waals surface area contributed by atoms with Crippen molar-refractivity contribution in [1.29, 1.82) is 0 Å². The van der Waals surface area contributed by atoms with Gasteiger partial charge < -0.3 is 9.84 Å². The van der Waals surface area contributed by atoms with Crippen LogP contribution in [0.3, 0.4) is 0 Å². The van der Waals surface area contributed by atoms with E-state index in [9.17, 15) is 4.79 Å². The lowest BCUT2D eigenvalue weighted by Crippen LogP contribution is -2.25. The molecular formula is C13H19NO3. The van der Waals surface area contributed by atoms with Gasteiger partial charge in [-0.3, -0.25) is 9.69 Å². The van der Waals surface area contributed by atoms with E-state index in [1.807, 2.05) is 38.1 Å². The van der Waals surface area contributed by atoms with Crippen LogP contribution in [0, 0.1) is 0 Å². The van der Waals surface area contributed by atoms with Crippen LogP contribution in [0.2, 0.25) is 0 Å². The number of hydrogen-bond acceptors (Lipinski definition) is 3. The van der Waals surface area contributed by atoms with E-state index in [2.05, 4.69) is 0 Å². The number of carboxylic acid groups (broad SMARTS) is 1. The van der Waals surface area contributed by atoms with Crippen molar-refractivity contribution < 1.29 is 14.6 Å². The zero-order valence-electron chi connectivity index (χ0n) is 10.5. The Kier molecular flexibility index (Phi) is 4.97. The first kappa shape index (κ1) is 13.5. The summed E-state index contributed by atoms with van der Waals surface area (Å²) in [5.41, 5.74) is 1.07. The largest absolute Gasteiger partial charge is 0.491 e. The highest BCUT2D eigenvalue weighted by Crippen LogP contribution is 2.14. The molecule has 0 fully saturated rings. The Labute approximate surface area is 102 Å². The molecule has 0 aliphatic rings. The Hall–Kier alpha value is -1.55. The van der Waals surface area contributed by atoms with Gasteiger partial charge in [0.05, 0.1) is 12.6 Å². The van der Waals surface area contributed by atoms with Gasteiger partial charge in [-0.25, -0.2) is 0 Å². The molecule has 0 heterocycles. The molecule has 0 bridgehead atoms. The fraction of sp³-hybridized carbons (Fsp3) is 0.462. The number of hydrogen-bond donors (Lipinski definition) is 1. The van der Waals surface area contributed by atoms with E-state index in [1.54, 1.807) is 11.9 Å². The highest BCUT2D eigenvalue weighted by Gasteiger charge is 2.05. The molecule has 0 saturated carbocycles. The molecule has 0 unspecified atom stereocenters. The fourth-order valence-corrected chi connectivity index (χ4v) is 1.54. The lowest BCUT2D eigenvalue weighted by atomic mass is 10.2. The van der Waals surface area contributed by atoms with Crippen LogP contribution in [0.15, 0.2) is 24.3 Å². The van der Waals surface area contributed by atoms with Gasteiger partial charge in [-0.1, -0.05) is 12.1 Å². The minimum absolute atomic E-state index is 0.0459. The summed E-state index contributed by atoms with van der Waals surface area (Å²) >= 11 is 0. The average Bonchev–Trinajstić information content (AvgIpc) is 2.18. The third-order valence-corrected chi connectivity index (χ3v) is 2.15. The van der Waals surface area contributed by atoms with Crippen molar-refractivity contribution in [3.8, 4) is 5.75 Å². The molecule has 17 heavy (non-hydrogen) atoms. The third kappa shape index (κ3) is 5.36. The van der Waals surface area contributed by atoms with Crippen LogP contribution in [0.4, 0.5) is 0 Å². The molecule has 1 rings (SSSR count). The minimum atomic E-state index is -0.813. The number of carboxylic acids is 1. The molecule has 0 atom stereocenters. The fourth-order valence-electron chi connectivity index (χ4n) is 1.54. The molecule has 0 saturated heterocycles. The predicted molar refractivity (Wildman–Crippen MR) is 66.2 cm³/mol. The lowest BCUT2D eigenvalue weighted by Gasteiger charge is -2.15. The topological polar surface area (TPSA) is 49.8 Å².